The Balaban J connectivity index is 0.00000245. The van der Waals surface area contributed by atoms with Gasteiger partial charge in [0.2, 0.25) is 20.0 Å². The fourth-order valence-corrected chi connectivity index (χ4v) is 7.54. The highest BCUT2D eigenvalue weighted by molar-refractivity contribution is 7.89. The average Bonchev–Trinajstić information content (AvgIpc) is 3.17. The third-order valence-corrected chi connectivity index (χ3v) is 10.0. The first kappa shape index (κ1) is 23.6. The van der Waals surface area contributed by atoms with E-state index in [0.717, 1.165) is 22.3 Å². The van der Waals surface area contributed by atoms with Gasteiger partial charge in [0.05, 0.1) is 9.79 Å². The van der Waals surface area contributed by atoms with E-state index < -0.39 is 20.0 Å². The molecule has 0 amide bonds. The number of hydrogen-bond acceptors (Lipinski definition) is 6. The lowest BCUT2D eigenvalue weighted by molar-refractivity contribution is 0.360. The molecule has 1 aliphatic carbocycles. The first-order chi connectivity index (χ1) is 14.9. The maximum absolute atomic E-state index is 13.0. The van der Waals surface area contributed by atoms with E-state index in [1.165, 1.54) is 8.61 Å². The highest BCUT2D eigenvalue weighted by Gasteiger charge is 2.30. The van der Waals surface area contributed by atoms with Gasteiger partial charge in [-0.15, -0.1) is 12.4 Å². The number of nitrogens with one attached hydrogen (secondary N) is 2. The van der Waals surface area contributed by atoms with Crippen molar-refractivity contribution in [3.63, 3.8) is 0 Å². The molecule has 2 saturated heterocycles. The van der Waals surface area contributed by atoms with E-state index in [2.05, 4.69) is 10.6 Å². The number of piperazine rings is 2. The first-order valence-electron chi connectivity index (χ1n) is 10.6. The maximum Gasteiger partial charge on any atom is 0.243 e. The molecule has 174 valence electrons. The van der Waals surface area contributed by atoms with Gasteiger partial charge >= 0.3 is 0 Å². The zero-order valence-electron chi connectivity index (χ0n) is 17.6. The molecule has 2 N–H and O–H groups in total. The Kier molecular flexibility index (Phi) is 6.66. The molecule has 2 aromatic rings. The van der Waals surface area contributed by atoms with E-state index in [0.29, 0.717) is 68.6 Å². The summed E-state index contributed by atoms with van der Waals surface area (Å²) in [5.41, 5.74) is 3.78. The fourth-order valence-electron chi connectivity index (χ4n) is 4.55. The van der Waals surface area contributed by atoms with Crippen LogP contribution >= 0.6 is 12.4 Å². The molecule has 2 aliphatic heterocycles. The van der Waals surface area contributed by atoms with Crippen molar-refractivity contribution in [2.24, 2.45) is 0 Å². The van der Waals surface area contributed by atoms with E-state index in [-0.39, 0.29) is 12.4 Å². The Labute approximate surface area is 195 Å². The van der Waals surface area contributed by atoms with Crippen LogP contribution in [-0.2, 0) is 26.5 Å². The third-order valence-electron chi connectivity index (χ3n) is 6.25. The number of nitrogens with zero attached hydrogens (tertiary/aromatic N) is 2. The van der Waals surface area contributed by atoms with Crippen LogP contribution in [-0.4, -0.2) is 77.8 Å². The summed E-state index contributed by atoms with van der Waals surface area (Å²) >= 11 is 0. The molecule has 2 aromatic carbocycles. The van der Waals surface area contributed by atoms with Gasteiger partial charge in [-0.05, 0) is 52.9 Å². The van der Waals surface area contributed by atoms with Crippen molar-refractivity contribution < 1.29 is 16.8 Å². The quantitative estimate of drug-likeness (QED) is 0.554. The van der Waals surface area contributed by atoms with Crippen molar-refractivity contribution in [3.05, 3.63) is 47.5 Å². The summed E-state index contributed by atoms with van der Waals surface area (Å²) in [5, 5.41) is 6.34. The number of halogens is 1. The normalized spacial score (nSPS) is 19.8. The maximum atomic E-state index is 13.0. The molecule has 32 heavy (non-hydrogen) atoms. The molecule has 11 heteroatoms. The van der Waals surface area contributed by atoms with Crippen LogP contribution in [0.2, 0.25) is 0 Å². The van der Waals surface area contributed by atoms with E-state index in [1.807, 2.05) is 12.1 Å². The molecule has 2 fully saturated rings. The minimum absolute atomic E-state index is 0. The van der Waals surface area contributed by atoms with Crippen LogP contribution in [0.5, 0.6) is 0 Å². The Bertz CT molecular complexity index is 1130. The Morgan fingerprint density at radius 3 is 1.38 bits per heavy atom. The van der Waals surface area contributed by atoms with Crippen LogP contribution in [0.3, 0.4) is 0 Å². The van der Waals surface area contributed by atoms with Crippen LogP contribution in [0.4, 0.5) is 0 Å². The minimum atomic E-state index is -3.53. The summed E-state index contributed by atoms with van der Waals surface area (Å²) in [4.78, 5) is 0.601. The molecule has 0 aromatic heterocycles. The molecule has 0 bridgehead atoms. The zero-order valence-corrected chi connectivity index (χ0v) is 20.0. The van der Waals surface area contributed by atoms with Crippen LogP contribution in [0.15, 0.2) is 46.2 Å². The monoisotopic (exact) mass is 498 g/mol. The first-order valence-corrected chi connectivity index (χ1v) is 13.4. The highest BCUT2D eigenvalue weighted by atomic mass is 35.5. The second kappa shape index (κ2) is 9.02. The molecule has 5 rings (SSSR count). The van der Waals surface area contributed by atoms with E-state index in [4.69, 9.17) is 0 Å². The minimum Gasteiger partial charge on any atom is -0.314 e. The predicted octanol–water partition coefficient (Wildman–Crippen LogP) is 0.867. The number of hydrogen-bond donors (Lipinski definition) is 2. The van der Waals surface area contributed by atoms with E-state index in [1.54, 1.807) is 24.3 Å². The fraction of sp³-hybridized carbons (Fsp3) is 0.429. The van der Waals surface area contributed by atoms with Crippen molar-refractivity contribution >= 4 is 32.5 Å². The lowest BCUT2D eigenvalue weighted by Gasteiger charge is -2.26. The van der Waals surface area contributed by atoms with E-state index >= 15 is 0 Å². The molecule has 0 saturated carbocycles. The Morgan fingerprint density at radius 1 is 0.625 bits per heavy atom. The second-order valence-electron chi connectivity index (χ2n) is 8.12. The van der Waals surface area contributed by atoms with E-state index in [9.17, 15) is 16.8 Å². The number of fused-ring (bicyclic) bond motifs is 3. The van der Waals surface area contributed by atoms with Crippen molar-refractivity contribution in [2.75, 3.05) is 52.4 Å². The van der Waals surface area contributed by atoms with Gasteiger partial charge in [0.1, 0.15) is 0 Å². The van der Waals surface area contributed by atoms with Gasteiger partial charge in [-0.25, -0.2) is 16.8 Å². The van der Waals surface area contributed by atoms with Gasteiger partial charge in [-0.2, -0.15) is 8.61 Å². The van der Waals surface area contributed by atoms with Gasteiger partial charge in [-0.1, -0.05) is 12.1 Å². The van der Waals surface area contributed by atoms with Crippen molar-refractivity contribution in [3.8, 4) is 11.1 Å². The molecule has 8 nitrogen and oxygen atoms in total. The lowest BCUT2D eigenvalue weighted by atomic mass is 10.1. The molecule has 3 aliphatic rings. The molecule has 0 atom stereocenters. The summed E-state index contributed by atoms with van der Waals surface area (Å²) in [6, 6.07) is 10.5. The van der Waals surface area contributed by atoms with Gasteiger partial charge in [0.15, 0.2) is 0 Å². The topological polar surface area (TPSA) is 98.8 Å². The molecular weight excluding hydrogens is 472 g/mol. The molecule has 0 radical (unpaired) electrons. The summed E-state index contributed by atoms with van der Waals surface area (Å²) in [6.45, 7) is 4.47. The SMILES string of the molecule is Cl.O=S(=O)(c1ccc2c(c1)Cc1cc(S(=O)(=O)N3CCNCC3)ccc1-2)N1CCNCC1. The summed E-state index contributed by atoms with van der Waals surface area (Å²) in [7, 11) is -7.06. The molecule has 0 unspecified atom stereocenters. The molecular formula is C21H27ClN4O4S2. The lowest BCUT2D eigenvalue weighted by Crippen LogP contribution is -2.46. The summed E-state index contributed by atoms with van der Waals surface area (Å²) in [6.07, 6.45) is 0.528. The van der Waals surface area contributed by atoms with Crippen LogP contribution < -0.4 is 10.6 Å². The standard InChI is InChI=1S/C21H26N4O4S2.ClH/c26-30(27,24-9-5-22-6-10-24)18-1-3-20-16(14-18)13-17-15-19(2-4-21(17)20)31(28,29)25-11-7-23-8-12-25;/h1-4,14-15,22-23H,5-13H2;1H. The Hall–Kier alpha value is -1.53. The predicted molar refractivity (Wildman–Crippen MR) is 125 cm³/mol. The summed E-state index contributed by atoms with van der Waals surface area (Å²) < 4.78 is 55.2. The summed E-state index contributed by atoms with van der Waals surface area (Å²) in [5.74, 6) is 0. The number of rotatable bonds is 4. The van der Waals surface area contributed by atoms with Crippen LogP contribution in [0.25, 0.3) is 11.1 Å². The van der Waals surface area contributed by atoms with Crippen molar-refractivity contribution in [2.45, 2.75) is 16.2 Å². The molecule has 0 spiro atoms. The van der Waals surface area contributed by atoms with Crippen LogP contribution in [0, 0.1) is 0 Å². The third kappa shape index (κ3) is 4.09. The Morgan fingerprint density at radius 2 is 1.00 bits per heavy atom. The van der Waals surface area contributed by atoms with Crippen molar-refractivity contribution in [1.82, 2.24) is 19.2 Å². The number of benzene rings is 2. The smallest absolute Gasteiger partial charge is 0.243 e. The van der Waals surface area contributed by atoms with Gasteiger partial charge in [0.25, 0.3) is 0 Å². The van der Waals surface area contributed by atoms with Gasteiger partial charge in [-0.3, -0.25) is 0 Å². The number of sulfonamides is 2. The van der Waals surface area contributed by atoms with Crippen molar-refractivity contribution in [1.29, 1.82) is 0 Å². The van der Waals surface area contributed by atoms with Gasteiger partial charge < -0.3 is 10.6 Å². The largest absolute Gasteiger partial charge is 0.314 e. The average molecular weight is 499 g/mol. The second-order valence-corrected chi connectivity index (χ2v) is 12.0. The van der Waals surface area contributed by atoms with Gasteiger partial charge in [0, 0.05) is 52.4 Å². The molecule has 2 heterocycles. The van der Waals surface area contributed by atoms with Crippen LogP contribution in [0.1, 0.15) is 11.1 Å². The zero-order chi connectivity index (χ0) is 21.6. The highest BCUT2D eigenvalue weighted by Crippen LogP contribution is 2.39.